The Morgan fingerprint density at radius 2 is 1.79 bits per heavy atom. The Kier molecular flexibility index (Phi) is 4.74. The quantitative estimate of drug-likeness (QED) is 0.795. The molecule has 5 aliphatic rings. The molecular weight excluding hydrogens is 391 g/mol. The number of rotatable bonds is 5. The number of benzene rings is 1. The van der Waals surface area contributed by atoms with E-state index in [9.17, 15) is 17.6 Å². The summed E-state index contributed by atoms with van der Waals surface area (Å²) in [5, 5.41) is 3.13. The molecule has 6 rings (SSSR count). The van der Waals surface area contributed by atoms with Crippen LogP contribution in [-0.2, 0) is 14.8 Å². The number of amides is 1. The van der Waals surface area contributed by atoms with Crippen molar-refractivity contribution in [2.24, 2.45) is 23.2 Å². The van der Waals surface area contributed by atoms with E-state index in [1.807, 2.05) is 0 Å². The number of carbonyl (C=O) groups is 1. The molecule has 0 aromatic heterocycles. The van der Waals surface area contributed by atoms with Crippen molar-refractivity contribution >= 4 is 15.9 Å². The van der Waals surface area contributed by atoms with Crippen LogP contribution in [0.4, 0.5) is 4.39 Å². The summed E-state index contributed by atoms with van der Waals surface area (Å²) in [4.78, 5) is 13.2. The molecule has 7 heteroatoms. The first-order valence-electron chi connectivity index (χ1n) is 10.9. The van der Waals surface area contributed by atoms with Gasteiger partial charge in [0.25, 0.3) is 0 Å². The predicted octanol–water partition coefficient (Wildman–Crippen LogP) is 3.31. The Balaban J connectivity index is 1.28. The molecule has 29 heavy (non-hydrogen) atoms. The van der Waals surface area contributed by atoms with Gasteiger partial charge in [-0.2, -0.15) is 4.31 Å². The van der Waals surface area contributed by atoms with E-state index in [2.05, 4.69) is 5.32 Å². The molecule has 5 fully saturated rings. The van der Waals surface area contributed by atoms with Gasteiger partial charge in [-0.25, -0.2) is 12.8 Å². The third-order valence-electron chi connectivity index (χ3n) is 7.74. The lowest BCUT2D eigenvalue weighted by Gasteiger charge is -2.55. The molecular formula is C22H29FN2O3S. The Bertz CT molecular complexity index is 881. The minimum atomic E-state index is -3.76. The number of nitrogens with zero attached hydrogens (tertiary/aromatic N) is 1. The lowest BCUT2D eigenvalue weighted by atomic mass is 9.49. The van der Waals surface area contributed by atoms with E-state index in [0.717, 1.165) is 38.2 Å². The number of hydrogen-bond donors (Lipinski definition) is 1. The second kappa shape index (κ2) is 7.05. The second-order valence-electron chi connectivity index (χ2n) is 9.78. The van der Waals surface area contributed by atoms with Crippen molar-refractivity contribution in [3.63, 3.8) is 0 Å². The highest BCUT2D eigenvalue weighted by Gasteiger charge is 2.54. The first-order valence-corrected chi connectivity index (χ1v) is 12.4. The van der Waals surface area contributed by atoms with Crippen LogP contribution in [0.3, 0.4) is 0 Å². The molecule has 1 aromatic carbocycles. The number of carbonyl (C=O) groups excluding carboxylic acids is 1. The third-order valence-corrected chi connectivity index (χ3v) is 9.69. The number of sulfonamides is 1. The van der Waals surface area contributed by atoms with Gasteiger partial charge in [0.05, 0.1) is 4.90 Å². The molecule has 4 saturated carbocycles. The highest BCUT2D eigenvalue weighted by molar-refractivity contribution is 7.89. The average Bonchev–Trinajstić information content (AvgIpc) is 3.14. The summed E-state index contributed by atoms with van der Waals surface area (Å²) in [6.07, 6.45) is 8.34. The molecule has 1 atom stereocenters. The fourth-order valence-electron chi connectivity index (χ4n) is 6.88. The SMILES string of the molecule is O=C(NC[C@H]1CCCN1S(=O)(=O)c1cccc(F)c1)C12CC3CC(CC(C3)C1)C2. The summed E-state index contributed by atoms with van der Waals surface area (Å²) in [7, 11) is -3.76. The molecule has 1 heterocycles. The molecule has 0 unspecified atom stereocenters. The van der Waals surface area contributed by atoms with Crippen LogP contribution in [0.5, 0.6) is 0 Å². The van der Waals surface area contributed by atoms with E-state index in [4.69, 9.17) is 0 Å². The normalized spacial score (nSPS) is 36.4. The molecule has 1 saturated heterocycles. The zero-order valence-corrected chi connectivity index (χ0v) is 17.5. The molecule has 1 aliphatic heterocycles. The van der Waals surface area contributed by atoms with Crippen molar-refractivity contribution in [1.82, 2.24) is 9.62 Å². The van der Waals surface area contributed by atoms with Gasteiger partial charge in [-0.3, -0.25) is 4.79 Å². The van der Waals surface area contributed by atoms with Crippen molar-refractivity contribution in [2.45, 2.75) is 62.3 Å². The van der Waals surface area contributed by atoms with Crippen LogP contribution in [0.1, 0.15) is 51.4 Å². The summed E-state index contributed by atoms with van der Waals surface area (Å²) in [6.45, 7) is 0.756. The maximum atomic E-state index is 13.6. The van der Waals surface area contributed by atoms with Crippen molar-refractivity contribution in [3.8, 4) is 0 Å². The predicted molar refractivity (Wildman–Crippen MR) is 107 cm³/mol. The Morgan fingerprint density at radius 1 is 1.14 bits per heavy atom. The van der Waals surface area contributed by atoms with Gasteiger partial charge in [-0.1, -0.05) is 6.07 Å². The Morgan fingerprint density at radius 3 is 2.41 bits per heavy atom. The third kappa shape index (κ3) is 3.40. The fourth-order valence-corrected chi connectivity index (χ4v) is 8.60. The van der Waals surface area contributed by atoms with Gasteiger partial charge in [0.15, 0.2) is 0 Å². The van der Waals surface area contributed by atoms with Gasteiger partial charge in [-0.05, 0) is 87.3 Å². The van der Waals surface area contributed by atoms with E-state index in [-0.39, 0.29) is 22.3 Å². The van der Waals surface area contributed by atoms with Crippen LogP contribution in [0.2, 0.25) is 0 Å². The summed E-state index contributed by atoms with van der Waals surface area (Å²) in [5.74, 6) is 1.67. The molecule has 1 aromatic rings. The van der Waals surface area contributed by atoms with Gasteiger partial charge < -0.3 is 5.32 Å². The van der Waals surface area contributed by atoms with E-state index in [1.165, 1.54) is 41.8 Å². The first-order chi connectivity index (χ1) is 13.9. The van der Waals surface area contributed by atoms with Crippen LogP contribution < -0.4 is 5.32 Å². The summed E-state index contributed by atoms with van der Waals surface area (Å²) < 4.78 is 41.0. The van der Waals surface area contributed by atoms with Crippen LogP contribution in [0.15, 0.2) is 29.2 Å². The lowest BCUT2D eigenvalue weighted by molar-refractivity contribution is -0.146. The molecule has 1 N–H and O–H groups in total. The van der Waals surface area contributed by atoms with Crippen LogP contribution in [0, 0.1) is 29.0 Å². The minimum Gasteiger partial charge on any atom is -0.354 e. The maximum Gasteiger partial charge on any atom is 0.243 e. The molecule has 0 spiro atoms. The van der Waals surface area contributed by atoms with E-state index < -0.39 is 15.8 Å². The average molecular weight is 421 g/mol. The molecule has 4 aliphatic carbocycles. The zero-order valence-electron chi connectivity index (χ0n) is 16.6. The summed E-state index contributed by atoms with van der Waals surface area (Å²) in [5.41, 5.74) is -0.223. The van der Waals surface area contributed by atoms with Gasteiger partial charge in [0.2, 0.25) is 15.9 Å². The first kappa shape index (κ1) is 19.5. The summed E-state index contributed by atoms with van der Waals surface area (Å²) in [6, 6.07) is 4.90. The fraction of sp³-hybridized carbons (Fsp3) is 0.682. The van der Waals surface area contributed by atoms with Crippen LogP contribution in [0.25, 0.3) is 0 Å². The van der Waals surface area contributed by atoms with Crippen molar-refractivity contribution in [3.05, 3.63) is 30.1 Å². The Hall–Kier alpha value is -1.47. The van der Waals surface area contributed by atoms with Crippen molar-refractivity contribution in [1.29, 1.82) is 0 Å². The number of nitrogens with one attached hydrogen (secondary N) is 1. The monoisotopic (exact) mass is 420 g/mol. The van der Waals surface area contributed by atoms with E-state index >= 15 is 0 Å². The molecule has 1 amide bonds. The van der Waals surface area contributed by atoms with Crippen LogP contribution >= 0.6 is 0 Å². The van der Waals surface area contributed by atoms with Gasteiger partial charge in [-0.15, -0.1) is 0 Å². The van der Waals surface area contributed by atoms with E-state index in [0.29, 0.717) is 30.8 Å². The minimum absolute atomic E-state index is 0.0168. The lowest BCUT2D eigenvalue weighted by Crippen LogP contribution is -2.55. The van der Waals surface area contributed by atoms with Gasteiger partial charge >= 0.3 is 0 Å². The van der Waals surface area contributed by atoms with Gasteiger partial charge in [0, 0.05) is 24.5 Å². The maximum absolute atomic E-state index is 13.6. The van der Waals surface area contributed by atoms with E-state index in [1.54, 1.807) is 0 Å². The molecule has 5 nitrogen and oxygen atoms in total. The topological polar surface area (TPSA) is 66.5 Å². The number of hydrogen-bond acceptors (Lipinski definition) is 3. The summed E-state index contributed by atoms with van der Waals surface area (Å²) >= 11 is 0. The molecule has 4 bridgehead atoms. The standard InChI is InChI=1S/C22H29FN2O3S/c23-18-3-1-5-20(10-18)29(27,28)25-6-2-4-19(25)14-24-21(26)22-11-15-7-16(12-22)9-17(8-15)13-22/h1,3,5,10,15-17,19H,2,4,6-9,11-14H2,(H,24,26)/t15?,16?,17?,19-,22?/m1/s1. The van der Waals surface area contributed by atoms with Gasteiger partial charge in [0.1, 0.15) is 5.82 Å². The molecule has 0 radical (unpaired) electrons. The number of halogens is 1. The highest BCUT2D eigenvalue weighted by Crippen LogP contribution is 2.60. The Labute approximate surface area is 172 Å². The second-order valence-corrected chi connectivity index (χ2v) is 11.7. The largest absolute Gasteiger partial charge is 0.354 e. The van der Waals surface area contributed by atoms with Crippen LogP contribution in [-0.4, -0.2) is 37.8 Å². The zero-order chi connectivity index (χ0) is 20.2. The smallest absolute Gasteiger partial charge is 0.243 e. The van der Waals surface area contributed by atoms with Crippen molar-refractivity contribution < 1.29 is 17.6 Å². The molecule has 158 valence electrons. The highest BCUT2D eigenvalue weighted by atomic mass is 32.2. The van der Waals surface area contributed by atoms with Crippen molar-refractivity contribution in [2.75, 3.05) is 13.1 Å².